The van der Waals surface area contributed by atoms with Gasteiger partial charge in [-0.3, -0.25) is 4.90 Å². The molecule has 3 aliphatic heterocycles. The van der Waals surface area contributed by atoms with Crippen LogP contribution in [0.4, 0.5) is 10.6 Å². The average molecular weight is 576 g/mol. The summed E-state index contributed by atoms with van der Waals surface area (Å²) in [6, 6.07) is 12.2. The highest BCUT2D eigenvalue weighted by molar-refractivity contribution is 7.89. The molecule has 4 heterocycles. The molecule has 3 aliphatic rings. The van der Waals surface area contributed by atoms with Gasteiger partial charge in [0.05, 0.1) is 10.9 Å². The monoisotopic (exact) mass is 575 g/mol. The van der Waals surface area contributed by atoms with E-state index < -0.39 is 10.0 Å². The Hall–Kier alpha value is -2.40. The number of nitrogens with zero attached hydrogens (tertiary/aromatic N) is 5. The molecule has 3 saturated heterocycles. The SMILES string of the molecule is C[C@@H]1CCC[C@H](COC(=O)N2CCC(N3CCN(c4ccccn4)CC3)CC2)N1S(=O)(=O)c1ccc(Cl)cc1. The number of hydrogen-bond acceptors (Lipinski definition) is 7. The Balaban J connectivity index is 1.11. The maximum Gasteiger partial charge on any atom is 0.409 e. The summed E-state index contributed by atoms with van der Waals surface area (Å²) in [6.07, 6.45) is 5.65. The number of carbonyl (C=O) groups is 1. The molecule has 2 aromatic rings. The fourth-order valence-corrected chi connectivity index (χ4v) is 8.10. The van der Waals surface area contributed by atoms with Crippen molar-refractivity contribution in [2.45, 2.75) is 62.0 Å². The van der Waals surface area contributed by atoms with Crippen LogP contribution in [0.3, 0.4) is 0 Å². The van der Waals surface area contributed by atoms with E-state index in [1.807, 2.05) is 25.3 Å². The molecular formula is C28H38ClN5O4S. The van der Waals surface area contributed by atoms with Crippen LogP contribution < -0.4 is 4.90 Å². The number of carbonyl (C=O) groups excluding carboxylic acids is 1. The third kappa shape index (κ3) is 6.51. The zero-order valence-corrected chi connectivity index (χ0v) is 24.1. The maximum absolute atomic E-state index is 13.5. The second kappa shape index (κ2) is 12.4. The van der Waals surface area contributed by atoms with Gasteiger partial charge in [0.15, 0.2) is 0 Å². The first-order valence-electron chi connectivity index (χ1n) is 13.9. The molecule has 3 fully saturated rings. The van der Waals surface area contributed by atoms with E-state index in [2.05, 4.69) is 20.9 Å². The zero-order valence-electron chi connectivity index (χ0n) is 22.5. The van der Waals surface area contributed by atoms with Gasteiger partial charge in [-0.15, -0.1) is 0 Å². The van der Waals surface area contributed by atoms with E-state index >= 15 is 0 Å². The first-order chi connectivity index (χ1) is 18.8. The van der Waals surface area contributed by atoms with Crippen LogP contribution in [0.1, 0.15) is 39.0 Å². The van der Waals surface area contributed by atoms with E-state index in [9.17, 15) is 13.2 Å². The molecular weight excluding hydrogens is 538 g/mol. The number of sulfonamides is 1. The average Bonchev–Trinajstić information content (AvgIpc) is 2.96. The highest BCUT2D eigenvalue weighted by Crippen LogP contribution is 2.31. The van der Waals surface area contributed by atoms with Gasteiger partial charge in [-0.2, -0.15) is 4.31 Å². The summed E-state index contributed by atoms with van der Waals surface area (Å²) in [5.74, 6) is 1.03. The lowest BCUT2D eigenvalue weighted by molar-refractivity contribution is 0.0484. The van der Waals surface area contributed by atoms with Crippen molar-refractivity contribution in [3.05, 3.63) is 53.7 Å². The van der Waals surface area contributed by atoms with E-state index in [0.29, 0.717) is 30.6 Å². The number of piperazine rings is 1. The second-order valence-corrected chi connectivity index (χ2v) is 13.0. The van der Waals surface area contributed by atoms with Gasteiger partial charge in [0, 0.05) is 62.6 Å². The number of rotatable bonds is 6. The van der Waals surface area contributed by atoms with Crippen LogP contribution in [-0.4, -0.2) is 97.6 Å². The summed E-state index contributed by atoms with van der Waals surface area (Å²) in [6.45, 7) is 7.17. The number of anilines is 1. The molecule has 0 saturated carbocycles. The van der Waals surface area contributed by atoms with Crippen LogP contribution in [-0.2, 0) is 14.8 Å². The van der Waals surface area contributed by atoms with Crippen molar-refractivity contribution >= 4 is 33.5 Å². The van der Waals surface area contributed by atoms with E-state index in [4.69, 9.17) is 16.3 Å². The molecule has 1 amide bonds. The lowest BCUT2D eigenvalue weighted by Crippen LogP contribution is -2.54. The molecule has 0 bridgehead atoms. The number of aromatic nitrogens is 1. The number of likely N-dealkylation sites (tertiary alicyclic amines) is 1. The summed E-state index contributed by atoms with van der Waals surface area (Å²) < 4.78 is 34.2. The van der Waals surface area contributed by atoms with Gasteiger partial charge in [0.1, 0.15) is 12.4 Å². The zero-order chi connectivity index (χ0) is 27.4. The third-order valence-corrected chi connectivity index (χ3v) is 10.6. The quantitative estimate of drug-likeness (QED) is 0.513. The normalized spacial score (nSPS) is 24.1. The fourth-order valence-electron chi connectivity index (χ4n) is 6.11. The molecule has 0 N–H and O–H groups in total. The lowest BCUT2D eigenvalue weighted by atomic mass is 10.0. The predicted octanol–water partition coefficient (Wildman–Crippen LogP) is 4.09. The lowest BCUT2D eigenvalue weighted by Gasteiger charge is -2.43. The fraction of sp³-hybridized carbons (Fsp3) is 0.571. The highest BCUT2D eigenvalue weighted by Gasteiger charge is 2.39. The molecule has 9 nitrogen and oxygen atoms in total. The Morgan fingerprint density at radius 3 is 2.36 bits per heavy atom. The molecule has 1 aromatic carbocycles. The molecule has 39 heavy (non-hydrogen) atoms. The van der Waals surface area contributed by atoms with Gasteiger partial charge in [-0.05, 0) is 69.0 Å². The predicted molar refractivity (Wildman–Crippen MR) is 152 cm³/mol. The van der Waals surface area contributed by atoms with Crippen molar-refractivity contribution in [2.75, 3.05) is 50.8 Å². The maximum atomic E-state index is 13.5. The molecule has 5 rings (SSSR count). The van der Waals surface area contributed by atoms with Crippen LogP contribution in [0.25, 0.3) is 0 Å². The van der Waals surface area contributed by atoms with Crippen molar-refractivity contribution in [3.63, 3.8) is 0 Å². The minimum absolute atomic E-state index is 0.0609. The van der Waals surface area contributed by atoms with Gasteiger partial charge in [0.25, 0.3) is 0 Å². The third-order valence-electron chi connectivity index (χ3n) is 8.27. The second-order valence-electron chi connectivity index (χ2n) is 10.7. The summed E-state index contributed by atoms with van der Waals surface area (Å²) in [5.41, 5.74) is 0. The Labute approximate surface area is 236 Å². The van der Waals surface area contributed by atoms with Crippen molar-refractivity contribution in [1.29, 1.82) is 0 Å². The van der Waals surface area contributed by atoms with Crippen LogP contribution in [0, 0.1) is 0 Å². The number of amides is 1. The number of benzene rings is 1. The van der Waals surface area contributed by atoms with E-state index in [0.717, 1.165) is 57.7 Å². The van der Waals surface area contributed by atoms with Crippen molar-refractivity contribution in [2.24, 2.45) is 0 Å². The van der Waals surface area contributed by atoms with Gasteiger partial charge >= 0.3 is 6.09 Å². The van der Waals surface area contributed by atoms with Gasteiger partial charge in [-0.1, -0.05) is 24.1 Å². The molecule has 11 heteroatoms. The molecule has 0 unspecified atom stereocenters. The summed E-state index contributed by atoms with van der Waals surface area (Å²) >= 11 is 5.97. The standard InChI is InChI=1S/C28H38ClN5O4S/c1-22-5-4-6-25(34(22)39(36,37)26-10-8-23(29)9-11-26)21-38-28(35)33-15-12-24(13-16-33)31-17-19-32(20-18-31)27-7-2-3-14-30-27/h2-3,7-11,14,22,24-25H,4-6,12-13,15-21H2,1H3/t22-,25-/m1/s1. The van der Waals surface area contributed by atoms with Crippen molar-refractivity contribution in [3.8, 4) is 0 Å². The first kappa shape index (κ1) is 28.1. The minimum Gasteiger partial charge on any atom is -0.448 e. The summed E-state index contributed by atoms with van der Waals surface area (Å²) in [5, 5.41) is 0.488. The van der Waals surface area contributed by atoms with Crippen molar-refractivity contribution in [1.82, 2.24) is 19.1 Å². The van der Waals surface area contributed by atoms with Crippen molar-refractivity contribution < 1.29 is 17.9 Å². The van der Waals surface area contributed by atoms with Gasteiger partial charge < -0.3 is 14.5 Å². The molecule has 0 radical (unpaired) electrons. The Kier molecular flexibility index (Phi) is 8.96. The smallest absolute Gasteiger partial charge is 0.409 e. The first-order valence-corrected chi connectivity index (χ1v) is 15.8. The van der Waals surface area contributed by atoms with Crippen LogP contribution in [0.5, 0.6) is 0 Å². The number of ether oxygens (including phenoxy) is 1. The van der Waals surface area contributed by atoms with E-state index in [1.54, 1.807) is 17.0 Å². The molecule has 212 valence electrons. The van der Waals surface area contributed by atoms with Crippen LogP contribution >= 0.6 is 11.6 Å². The topological polar surface area (TPSA) is 86.3 Å². The van der Waals surface area contributed by atoms with Crippen LogP contribution in [0.2, 0.25) is 5.02 Å². The molecule has 2 atom stereocenters. The van der Waals surface area contributed by atoms with Crippen LogP contribution in [0.15, 0.2) is 53.6 Å². The number of hydrogen-bond donors (Lipinski definition) is 0. The number of piperidine rings is 2. The van der Waals surface area contributed by atoms with Gasteiger partial charge in [-0.25, -0.2) is 18.2 Å². The summed E-state index contributed by atoms with van der Waals surface area (Å²) in [4.78, 5) is 24.3. The Bertz CT molecular complexity index is 1200. The highest BCUT2D eigenvalue weighted by atomic mass is 35.5. The molecule has 1 aromatic heterocycles. The molecule has 0 spiro atoms. The minimum atomic E-state index is -3.73. The number of halogens is 1. The largest absolute Gasteiger partial charge is 0.448 e. The number of pyridine rings is 1. The van der Waals surface area contributed by atoms with Gasteiger partial charge in [0.2, 0.25) is 10.0 Å². The van der Waals surface area contributed by atoms with E-state index in [1.165, 1.54) is 16.4 Å². The Morgan fingerprint density at radius 1 is 0.974 bits per heavy atom. The Morgan fingerprint density at radius 2 is 1.69 bits per heavy atom. The summed E-state index contributed by atoms with van der Waals surface area (Å²) in [7, 11) is -3.73. The molecule has 0 aliphatic carbocycles. The van der Waals surface area contributed by atoms with E-state index in [-0.39, 0.29) is 29.7 Å².